The lowest BCUT2D eigenvalue weighted by molar-refractivity contribution is -0.210. The van der Waals surface area contributed by atoms with E-state index >= 15 is 0 Å². The third-order valence-electron chi connectivity index (χ3n) is 6.55. The average molecular weight is 410 g/mol. The van der Waals surface area contributed by atoms with Gasteiger partial charge in [0.2, 0.25) is 0 Å². The number of rotatable bonds is 1. The van der Waals surface area contributed by atoms with Gasteiger partial charge in [0.25, 0.3) is 0 Å². The number of alkyl halides is 2. The van der Waals surface area contributed by atoms with Crippen molar-refractivity contribution < 1.29 is 19.7 Å². The Morgan fingerprint density at radius 3 is 2.70 bits per heavy atom. The lowest BCUT2D eigenvalue weighted by Crippen LogP contribution is -2.64. The summed E-state index contributed by atoms with van der Waals surface area (Å²) in [6, 6.07) is 0. The SMILES string of the molecule is O[C@H]1[C@@H]2O[C@@H]3[C@@H](Br)[C@H]4C[C@@H]3[C@@H]2[C@H]4[C@@H]2O[C@@H](CBr)C[C@]12O. The Bertz CT molecular complexity index is 462. The largest absolute Gasteiger partial charge is 0.387 e. The Balaban J connectivity index is 1.61. The summed E-state index contributed by atoms with van der Waals surface area (Å²) in [6.07, 6.45) is 0.593. The summed E-state index contributed by atoms with van der Waals surface area (Å²) in [4.78, 5) is 0.347. The van der Waals surface area contributed by atoms with E-state index in [0.717, 1.165) is 6.42 Å². The molecule has 2 heterocycles. The van der Waals surface area contributed by atoms with Gasteiger partial charge in [-0.15, -0.1) is 0 Å². The molecule has 6 heteroatoms. The summed E-state index contributed by atoms with van der Waals surface area (Å²) < 4.78 is 12.3. The molecule has 0 radical (unpaired) electrons. The fourth-order valence-corrected chi connectivity index (χ4v) is 7.41. The summed E-state index contributed by atoms with van der Waals surface area (Å²) in [5.74, 6) is 1.74. The zero-order chi connectivity index (χ0) is 13.8. The molecule has 2 aliphatic heterocycles. The van der Waals surface area contributed by atoms with Gasteiger partial charge in [-0.2, -0.15) is 0 Å². The van der Waals surface area contributed by atoms with E-state index in [4.69, 9.17) is 9.47 Å². The van der Waals surface area contributed by atoms with Gasteiger partial charge in [-0.25, -0.2) is 0 Å². The van der Waals surface area contributed by atoms with Crippen molar-refractivity contribution in [2.75, 3.05) is 5.33 Å². The third kappa shape index (κ3) is 1.30. The monoisotopic (exact) mass is 408 g/mol. The molecule has 5 rings (SSSR count). The van der Waals surface area contributed by atoms with Crippen LogP contribution in [0.1, 0.15) is 12.8 Å². The Labute approximate surface area is 134 Å². The number of fused-ring (bicyclic) bond motifs is 4. The molecule has 2 saturated heterocycles. The van der Waals surface area contributed by atoms with Crippen LogP contribution in [0.25, 0.3) is 0 Å². The molecule has 2 N–H and O–H groups in total. The second-order valence-electron chi connectivity index (χ2n) is 7.20. The zero-order valence-electron chi connectivity index (χ0n) is 10.9. The fourth-order valence-electron chi connectivity index (χ4n) is 5.94. The number of halogens is 2. The van der Waals surface area contributed by atoms with Crippen molar-refractivity contribution in [2.45, 2.75) is 53.8 Å². The summed E-state index contributed by atoms with van der Waals surface area (Å²) in [7, 11) is 0. The van der Waals surface area contributed by atoms with Crippen LogP contribution in [-0.2, 0) is 9.47 Å². The Morgan fingerprint density at radius 2 is 1.95 bits per heavy atom. The van der Waals surface area contributed by atoms with E-state index in [-0.39, 0.29) is 24.4 Å². The molecule has 0 aromatic heterocycles. The quantitative estimate of drug-likeness (QED) is 0.635. The third-order valence-corrected chi connectivity index (χ3v) is 8.47. The van der Waals surface area contributed by atoms with Gasteiger partial charge in [-0.3, -0.25) is 0 Å². The highest BCUT2D eigenvalue weighted by Crippen LogP contribution is 2.67. The van der Waals surface area contributed by atoms with Crippen molar-refractivity contribution in [3.05, 3.63) is 0 Å². The summed E-state index contributed by atoms with van der Waals surface area (Å²) in [6.45, 7) is 0. The van der Waals surface area contributed by atoms with Gasteiger partial charge in [-0.1, -0.05) is 31.9 Å². The molecule has 0 amide bonds. The molecule has 0 spiro atoms. The highest BCUT2D eigenvalue weighted by atomic mass is 79.9. The molecule has 112 valence electrons. The number of ether oxygens (including phenoxy) is 2. The molecule has 20 heavy (non-hydrogen) atoms. The minimum absolute atomic E-state index is 0.0119. The second-order valence-corrected chi connectivity index (χ2v) is 8.91. The van der Waals surface area contributed by atoms with E-state index in [1.54, 1.807) is 0 Å². The van der Waals surface area contributed by atoms with Crippen LogP contribution in [0.2, 0.25) is 0 Å². The Kier molecular flexibility index (Phi) is 2.66. The molecule has 5 fully saturated rings. The van der Waals surface area contributed by atoms with Gasteiger partial charge >= 0.3 is 0 Å². The predicted octanol–water partition coefficient (Wildman–Crippen LogP) is 1.06. The maximum Gasteiger partial charge on any atom is 0.122 e. The van der Waals surface area contributed by atoms with Gasteiger partial charge in [0.05, 0.1) is 24.4 Å². The minimum atomic E-state index is -1.14. The van der Waals surface area contributed by atoms with Crippen LogP contribution in [0, 0.1) is 23.7 Å². The summed E-state index contributed by atoms with van der Waals surface area (Å²) in [5.41, 5.74) is -1.14. The zero-order valence-corrected chi connectivity index (χ0v) is 14.0. The molecule has 3 aliphatic carbocycles. The van der Waals surface area contributed by atoms with Crippen LogP contribution in [0.15, 0.2) is 0 Å². The maximum atomic E-state index is 11.1. The standard InChI is InChI=1S/C14H18Br2O4/c15-3-4-2-14(18)12(17)11-7-6-1-5(8(7)13(14)19-4)9(16)10(6)20-11/h4-13,17-18H,1-3H2/t4-,5+,6-,7-,8+,9+,10+,11-,12+,13+,14+/m1/s1. The minimum Gasteiger partial charge on any atom is -0.387 e. The molecule has 11 atom stereocenters. The van der Waals surface area contributed by atoms with E-state index in [1.165, 1.54) is 0 Å². The van der Waals surface area contributed by atoms with Crippen molar-refractivity contribution in [2.24, 2.45) is 23.7 Å². The number of hydrogen-bond donors (Lipinski definition) is 2. The van der Waals surface area contributed by atoms with Gasteiger partial charge in [0.15, 0.2) is 0 Å². The highest BCUT2D eigenvalue weighted by Gasteiger charge is 2.75. The van der Waals surface area contributed by atoms with Crippen LogP contribution < -0.4 is 0 Å². The molecular weight excluding hydrogens is 392 g/mol. The van der Waals surface area contributed by atoms with E-state index < -0.39 is 11.7 Å². The van der Waals surface area contributed by atoms with Crippen LogP contribution in [-0.4, -0.2) is 56.5 Å². The van der Waals surface area contributed by atoms with E-state index in [9.17, 15) is 10.2 Å². The fraction of sp³-hybridized carbons (Fsp3) is 1.00. The average Bonchev–Trinajstić information content (AvgIpc) is 3.10. The first-order chi connectivity index (χ1) is 9.56. The molecule has 0 aromatic rings. The predicted molar refractivity (Wildman–Crippen MR) is 78.0 cm³/mol. The highest BCUT2D eigenvalue weighted by molar-refractivity contribution is 9.09. The van der Waals surface area contributed by atoms with E-state index in [1.807, 2.05) is 0 Å². The summed E-state index contributed by atoms with van der Waals surface area (Å²) >= 11 is 7.25. The van der Waals surface area contributed by atoms with Crippen molar-refractivity contribution >= 4 is 31.9 Å². The van der Waals surface area contributed by atoms with Crippen molar-refractivity contribution in [3.8, 4) is 0 Å². The number of hydrogen-bond acceptors (Lipinski definition) is 4. The first-order valence-electron chi connectivity index (χ1n) is 7.47. The smallest absolute Gasteiger partial charge is 0.122 e. The Morgan fingerprint density at radius 1 is 1.15 bits per heavy atom. The van der Waals surface area contributed by atoms with E-state index in [2.05, 4.69) is 31.9 Å². The molecule has 5 aliphatic rings. The molecule has 4 nitrogen and oxygen atoms in total. The lowest BCUT2D eigenvalue weighted by atomic mass is 9.62. The molecule has 2 bridgehead atoms. The topological polar surface area (TPSA) is 58.9 Å². The summed E-state index contributed by atoms with van der Waals surface area (Å²) in [5, 5.41) is 22.5. The Hall–Kier alpha value is 0.800. The van der Waals surface area contributed by atoms with Crippen molar-refractivity contribution in [3.63, 3.8) is 0 Å². The van der Waals surface area contributed by atoms with Crippen LogP contribution in [0.3, 0.4) is 0 Å². The molecule has 0 unspecified atom stereocenters. The van der Waals surface area contributed by atoms with Gasteiger partial charge in [0.1, 0.15) is 11.7 Å². The molecule has 3 saturated carbocycles. The van der Waals surface area contributed by atoms with Gasteiger partial charge in [-0.05, 0) is 30.1 Å². The van der Waals surface area contributed by atoms with Crippen LogP contribution in [0.4, 0.5) is 0 Å². The molecule has 0 aromatic carbocycles. The molecular formula is C14H18Br2O4. The first-order valence-corrected chi connectivity index (χ1v) is 9.51. The van der Waals surface area contributed by atoms with Gasteiger partial charge in [0, 0.05) is 16.6 Å². The number of aliphatic hydroxyl groups is 2. The lowest BCUT2D eigenvalue weighted by Gasteiger charge is -2.48. The normalized spacial score (nSPS) is 69.6. The van der Waals surface area contributed by atoms with E-state index in [0.29, 0.717) is 40.2 Å². The van der Waals surface area contributed by atoms with Crippen LogP contribution >= 0.6 is 31.9 Å². The van der Waals surface area contributed by atoms with Crippen LogP contribution in [0.5, 0.6) is 0 Å². The first kappa shape index (κ1) is 13.3. The maximum absolute atomic E-state index is 11.1. The van der Waals surface area contributed by atoms with Crippen molar-refractivity contribution in [1.82, 2.24) is 0 Å². The van der Waals surface area contributed by atoms with Gasteiger partial charge < -0.3 is 19.7 Å². The second kappa shape index (κ2) is 4.01. The van der Waals surface area contributed by atoms with Crippen molar-refractivity contribution in [1.29, 1.82) is 0 Å². The number of aliphatic hydroxyl groups excluding tert-OH is 1.